The molecular weight excluding hydrogens is 444 g/mol. The van der Waals surface area contributed by atoms with E-state index in [-0.39, 0.29) is 23.8 Å². The van der Waals surface area contributed by atoms with Gasteiger partial charge in [-0.25, -0.2) is 9.18 Å². The molecule has 0 bridgehead atoms. The summed E-state index contributed by atoms with van der Waals surface area (Å²) in [5.41, 5.74) is 1.37. The van der Waals surface area contributed by atoms with Crippen LogP contribution in [0.25, 0.3) is 11.3 Å². The molecule has 0 aliphatic rings. The second-order valence-electron chi connectivity index (χ2n) is 3.79. The van der Waals surface area contributed by atoms with Crippen molar-refractivity contribution in [2.75, 3.05) is 6.61 Å². The number of nitrogens with zero attached hydrogens (tertiary/aromatic N) is 2. The summed E-state index contributed by atoms with van der Waals surface area (Å²) < 4.78 is 19.6. The molecule has 8 heteroatoms. The summed E-state index contributed by atoms with van der Waals surface area (Å²) in [6.07, 6.45) is 0. The van der Waals surface area contributed by atoms with Gasteiger partial charge in [0.2, 0.25) is 0 Å². The van der Waals surface area contributed by atoms with Crippen LogP contribution in [0.3, 0.4) is 0 Å². The normalized spacial score (nSPS) is 10.6. The number of benzene rings is 1. The standard InChI is InChI=1S/C12H10BrFIN3O2/c1-2-20-12(19)11-10(16-18-17-11)6-3-8(14)7(5-13)9(15)4-6/h3-4H,2,5H2,1H3,(H,16,17,18). The first-order valence-electron chi connectivity index (χ1n) is 5.70. The van der Waals surface area contributed by atoms with Gasteiger partial charge in [-0.1, -0.05) is 15.9 Å². The molecule has 0 fully saturated rings. The maximum Gasteiger partial charge on any atom is 0.361 e. The summed E-state index contributed by atoms with van der Waals surface area (Å²) in [5.74, 6) is -0.946. The van der Waals surface area contributed by atoms with E-state index >= 15 is 0 Å². The van der Waals surface area contributed by atoms with E-state index in [9.17, 15) is 9.18 Å². The topological polar surface area (TPSA) is 67.9 Å². The van der Waals surface area contributed by atoms with E-state index in [2.05, 4.69) is 31.3 Å². The number of aromatic nitrogens is 3. The lowest BCUT2D eigenvalue weighted by Gasteiger charge is -2.06. The van der Waals surface area contributed by atoms with Gasteiger partial charge in [0.25, 0.3) is 0 Å². The summed E-state index contributed by atoms with van der Waals surface area (Å²) >= 11 is 5.28. The highest BCUT2D eigenvalue weighted by molar-refractivity contribution is 14.1. The van der Waals surface area contributed by atoms with Crippen LogP contribution in [0.5, 0.6) is 0 Å². The molecule has 1 aromatic heterocycles. The lowest BCUT2D eigenvalue weighted by atomic mass is 10.1. The molecule has 0 saturated carbocycles. The molecule has 0 radical (unpaired) electrons. The van der Waals surface area contributed by atoms with Crippen molar-refractivity contribution in [3.63, 3.8) is 0 Å². The Bertz CT molecular complexity index is 624. The molecule has 0 aliphatic carbocycles. The first kappa shape index (κ1) is 15.4. The van der Waals surface area contributed by atoms with Gasteiger partial charge in [-0.2, -0.15) is 10.3 Å². The third kappa shape index (κ3) is 3.00. The molecule has 0 spiro atoms. The lowest BCUT2D eigenvalue weighted by molar-refractivity contribution is 0.0520. The van der Waals surface area contributed by atoms with Crippen LogP contribution in [0.4, 0.5) is 4.39 Å². The van der Waals surface area contributed by atoms with Crippen LogP contribution >= 0.6 is 38.5 Å². The average molecular weight is 454 g/mol. The van der Waals surface area contributed by atoms with Gasteiger partial charge in [-0.15, -0.1) is 5.10 Å². The Kier molecular flexibility index (Phi) is 5.08. The first-order valence-corrected chi connectivity index (χ1v) is 7.90. The third-order valence-electron chi connectivity index (χ3n) is 2.56. The van der Waals surface area contributed by atoms with Crippen molar-refractivity contribution in [1.82, 2.24) is 15.4 Å². The smallest absolute Gasteiger partial charge is 0.361 e. The fourth-order valence-corrected chi connectivity index (χ4v) is 3.52. The van der Waals surface area contributed by atoms with Crippen LogP contribution in [0, 0.1) is 9.39 Å². The number of nitrogens with one attached hydrogen (secondary N) is 1. The van der Waals surface area contributed by atoms with E-state index < -0.39 is 5.97 Å². The van der Waals surface area contributed by atoms with E-state index in [0.29, 0.717) is 16.5 Å². The number of esters is 1. The summed E-state index contributed by atoms with van der Waals surface area (Å²) in [4.78, 5) is 11.7. The van der Waals surface area contributed by atoms with Crippen molar-refractivity contribution in [2.45, 2.75) is 12.3 Å². The average Bonchev–Trinajstić information content (AvgIpc) is 2.87. The zero-order valence-corrected chi connectivity index (χ0v) is 14.2. The first-order chi connectivity index (χ1) is 9.58. The number of H-pyrrole nitrogens is 1. The van der Waals surface area contributed by atoms with Crippen molar-refractivity contribution in [3.8, 4) is 11.3 Å². The number of rotatable bonds is 4. The highest BCUT2D eigenvalue weighted by Crippen LogP contribution is 2.27. The van der Waals surface area contributed by atoms with Crippen LogP contribution in [0.2, 0.25) is 0 Å². The van der Waals surface area contributed by atoms with Crippen LogP contribution < -0.4 is 0 Å². The van der Waals surface area contributed by atoms with E-state index in [1.165, 1.54) is 6.07 Å². The Morgan fingerprint density at radius 1 is 1.50 bits per heavy atom. The van der Waals surface area contributed by atoms with Gasteiger partial charge < -0.3 is 4.74 Å². The molecule has 20 heavy (non-hydrogen) atoms. The number of alkyl halides is 1. The predicted molar refractivity (Wildman–Crippen MR) is 83.1 cm³/mol. The number of halogens is 3. The lowest BCUT2D eigenvalue weighted by Crippen LogP contribution is -2.07. The monoisotopic (exact) mass is 453 g/mol. The molecule has 0 amide bonds. The fraction of sp³-hybridized carbons (Fsp3) is 0.250. The van der Waals surface area contributed by atoms with Crippen molar-refractivity contribution < 1.29 is 13.9 Å². The van der Waals surface area contributed by atoms with Crippen molar-refractivity contribution in [2.24, 2.45) is 0 Å². The Labute approximate surface area is 136 Å². The summed E-state index contributed by atoms with van der Waals surface area (Å²) in [6.45, 7) is 1.94. The van der Waals surface area contributed by atoms with Gasteiger partial charge >= 0.3 is 5.97 Å². The molecule has 2 rings (SSSR count). The van der Waals surface area contributed by atoms with Gasteiger partial charge in [0, 0.05) is 20.0 Å². The van der Waals surface area contributed by atoms with E-state index in [0.717, 1.165) is 3.57 Å². The summed E-state index contributed by atoms with van der Waals surface area (Å²) in [5, 5.41) is 10.5. The molecule has 0 unspecified atom stereocenters. The van der Waals surface area contributed by atoms with Crippen molar-refractivity contribution in [1.29, 1.82) is 0 Å². The highest BCUT2D eigenvalue weighted by Gasteiger charge is 2.20. The minimum atomic E-state index is -0.587. The Balaban J connectivity index is 2.48. The molecule has 106 valence electrons. The van der Waals surface area contributed by atoms with Crippen molar-refractivity contribution >= 4 is 44.5 Å². The Morgan fingerprint density at radius 3 is 2.85 bits per heavy atom. The van der Waals surface area contributed by atoms with Gasteiger partial charge in [-0.05, 0) is 41.6 Å². The molecule has 1 aromatic carbocycles. The minimum Gasteiger partial charge on any atom is -0.461 e. The molecule has 2 aromatic rings. The molecule has 0 saturated heterocycles. The highest BCUT2D eigenvalue weighted by atomic mass is 127. The van der Waals surface area contributed by atoms with Crippen LogP contribution in [0.1, 0.15) is 23.0 Å². The number of ether oxygens (including phenoxy) is 1. The minimum absolute atomic E-state index is 0.0497. The van der Waals surface area contributed by atoms with Crippen LogP contribution in [-0.2, 0) is 10.1 Å². The second-order valence-corrected chi connectivity index (χ2v) is 5.52. The second kappa shape index (κ2) is 6.61. The zero-order chi connectivity index (χ0) is 14.7. The molecule has 0 atom stereocenters. The number of hydrogen-bond donors (Lipinski definition) is 1. The Hall–Kier alpha value is -1.03. The molecule has 0 aliphatic heterocycles. The summed E-state index contributed by atoms with van der Waals surface area (Å²) in [6, 6.07) is 3.08. The molecular formula is C12H10BrFIN3O2. The number of carbonyl (C=O) groups excluding carboxylic acids is 1. The SMILES string of the molecule is CCOC(=O)c1n[nH]nc1-c1cc(F)c(CBr)c(I)c1. The van der Waals surface area contributed by atoms with E-state index in [4.69, 9.17) is 4.74 Å². The molecule has 1 heterocycles. The molecule has 1 N–H and O–H groups in total. The largest absolute Gasteiger partial charge is 0.461 e. The molecule has 5 nitrogen and oxygen atoms in total. The van der Waals surface area contributed by atoms with E-state index in [1.807, 2.05) is 22.6 Å². The summed E-state index contributed by atoms with van der Waals surface area (Å²) in [7, 11) is 0. The predicted octanol–water partition coefficient (Wildman–Crippen LogP) is 3.29. The van der Waals surface area contributed by atoms with Gasteiger partial charge in [0.1, 0.15) is 11.5 Å². The number of carbonyl (C=O) groups is 1. The zero-order valence-electron chi connectivity index (χ0n) is 10.4. The fourth-order valence-electron chi connectivity index (χ4n) is 1.64. The van der Waals surface area contributed by atoms with E-state index in [1.54, 1.807) is 13.0 Å². The quantitative estimate of drug-likeness (QED) is 0.438. The number of aromatic amines is 1. The third-order valence-corrected chi connectivity index (χ3v) is 4.09. The van der Waals surface area contributed by atoms with Gasteiger partial charge in [0.15, 0.2) is 5.69 Å². The number of hydrogen-bond acceptors (Lipinski definition) is 4. The maximum absolute atomic E-state index is 14.0. The van der Waals surface area contributed by atoms with Crippen molar-refractivity contribution in [3.05, 3.63) is 32.8 Å². The van der Waals surface area contributed by atoms with Crippen LogP contribution in [-0.4, -0.2) is 28.0 Å². The Morgan fingerprint density at radius 2 is 2.25 bits per heavy atom. The van der Waals surface area contributed by atoms with Gasteiger partial charge in [0.05, 0.1) is 6.61 Å². The maximum atomic E-state index is 14.0. The van der Waals surface area contributed by atoms with Crippen LogP contribution in [0.15, 0.2) is 12.1 Å². The van der Waals surface area contributed by atoms with Gasteiger partial charge in [-0.3, -0.25) is 0 Å².